The lowest BCUT2D eigenvalue weighted by atomic mass is 10.1. The second kappa shape index (κ2) is 5.77. The van der Waals surface area contributed by atoms with Crippen molar-refractivity contribution in [1.29, 1.82) is 0 Å². The van der Waals surface area contributed by atoms with Crippen molar-refractivity contribution >= 4 is 11.6 Å². The highest BCUT2D eigenvalue weighted by Crippen LogP contribution is 2.18. The van der Waals surface area contributed by atoms with E-state index in [1.54, 1.807) is 6.92 Å². The van der Waals surface area contributed by atoms with Crippen LogP contribution in [0.1, 0.15) is 17.3 Å². The van der Waals surface area contributed by atoms with Crippen molar-refractivity contribution in [2.75, 3.05) is 26.5 Å². The van der Waals surface area contributed by atoms with Gasteiger partial charge < -0.3 is 15.4 Å². The average molecular weight is 258 g/mol. The topological polar surface area (TPSA) is 55.6 Å². The van der Waals surface area contributed by atoms with Gasteiger partial charge in [-0.1, -0.05) is 0 Å². The SMILES string of the molecule is COCC(C)N(C)C(=O)c1cc(F)c(N)c(F)c1. The van der Waals surface area contributed by atoms with Crippen LogP contribution in [0.25, 0.3) is 0 Å². The van der Waals surface area contributed by atoms with E-state index in [1.807, 2.05) is 0 Å². The number of hydrogen-bond acceptors (Lipinski definition) is 3. The van der Waals surface area contributed by atoms with E-state index in [0.29, 0.717) is 6.61 Å². The third-order valence-electron chi connectivity index (χ3n) is 2.72. The van der Waals surface area contributed by atoms with E-state index in [2.05, 4.69) is 0 Å². The molecule has 0 aromatic heterocycles. The summed E-state index contributed by atoms with van der Waals surface area (Å²) in [4.78, 5) is 13.3. The molecule has 2 N–H and O–H groups in total. The molecule has 1 amide bonds. The Hall–Kier alpha value is -1.69. The number of halogens is 2. The van der Waals surface area contributed by atoms with Crippen molar-refractivity contribution in [3.8, 4) is 0 Å². The molecule has 0 radical (unpaired) electrons. The molecule has 100 valence electrons. The molecule has 18 heavy (non-hydrogen) atoms. The van der Waals surface area contributed by atoms with E-state index < -0.39 is 23.2 Å². The smallest absolute Gasteiger partial charge is 0.254 e. The number of likely N-dealkylation sites (N-methyl/N-ethyl adjacent to an activating group) is 1. The molecule has 0 bridgehead atoms. The Morgan fingerprint density at radius 3 is 2.39 bits per heavy atom. The van der Waals surface area contributed by atoms with Crippen molar-refractivity contribution in [3.05, 3.63) is 29.3 Å². The van der Waals surface area contributed by atoms with Gasteiger partial charge in [0.25, 0.3) is 5.91 Å². The standard InChI is InChI=1S/C12H16F2N2O2/c1-7(6-18-3)16(2)12(17)8-4-9(13)11(15)10(14)5-8/h4-5,7H,6,15H2,1-3H3. The van der Waals surface area contributed by atoms with Gasteiger partial charge in [0.2, 0.25) is 0 Å². The molecule has 0 aliphatic carbocycles. The van der Waals surface area contributed by atoms with Crippen LogP contribution < -0.4 is 5.73 Å². The first-order valence-electron chi connectivity index (χ1n) is 5.39. The molecule has 0 fully saturated rings. The van der Waals surface area contributed by atoms with Crippen LogP contribution in [0.15, 0.2) is 12.1 Å². The normalized spacial score (nSPS) is 12.3. The zero-order valence-electron chi connectivity index (χ0n) is 10.5. The van der Waals surface area contributed by atoms with Gasteiger partial charge in [-0.25, -0.2) is 8.78 Å². The molecule has 6 heteroatoms. The molecule has 0 saturated heterocycles. The zero-order chi connectivity index (χ0) is 13.9. The van der Waals surface area contributed by atoms with Crippen LogP contribution in [0.5, 0.6) is 0 Å². The molecule has 1 aromatic rings. The van der Waals surface area contributed by atoms with Crippen molar-refractivity contribution < 1.29 is 18.3 Å². The van der Waals surface area contributed by atoms with Gasteiger partial charge in [-0.15, -0.1) is 0 Å². The summed E-state index contributed by atoms with van der Waals surface area (Å²) in [5.74, 6) is -2.37. The van der Waals surface area contributed by atoms with Crippen LogP contribution in [0.3, 0.4) is 0 Å². The van der Waals surface area contributed by atoms with Gasteiger partial charge in [0.1, 0.15) is 17.3 Å². The number of nitrogens with two attached hydrogens (primary N) is 1. The Morgan fingerprint density at radius 1 is 1.44 bits per heavy atom. The van der Waals surface area contributed by atoms with Gasteiger partial charge >= 0.3 is 0 Å². The van der Waals surface area contributed by atoms with Gasteiger partial charge in [-0.2, -0.15) is 0 Å². The summed E-state index contributed by atoms with van der Waals surface area (Å²) in [6.45, 7) is 2.10. The minimum atomic E-state index is -0.939. The lowest BCUT2D eigenvalue weighted by molar-refractivity contribution is 0.0632. The molecule has 4 nitrogen and oxygen atoms in total. The first-order chi connectivity index (χ1) is 8.38. The predicted molar refractivity (Wildman–Crippen MR) is 64.2 cm³/mol. The lowest BCUT2D eigenvalue weighted by Crippen LogP contribution is -2.37. The van der Waals surface area contributed by atoms with E-state index in [0.717, 1.165) is 12.1 Å². The highest BCUT2D eigenvalue weighted by molar-refractivity contribution is 5.94. The molecule has 0 saturated carbocycles. The Morgan fingerprint density at radius 2 is 1.94 bits per heavy atom. The molecular weight excluding hydrogens is 242 g/mol. The van der Waals surface area contributed by atoms with Crippen LogP contribution in [-0.2, 0) is 4.74 Å². The number of ether oxygens (including phenoxy) is 1. The van der Waals surface area contributed by atoms with Crippen LogP contribution in [0.4, 0.5) is 14.5 Å². The second-order valence-corrected chi connectivity index (χ2v) is 4.07. The molecule has 0 aliphatic rings. The molecule has 0 spiro atoms. The number of benzene rings is 1. The third-order valence-corrected chi connectivity index (χ3v) is 2.72. The van der Waals surface area contributed by atoms with Gasteiger partial charge in [0.05, 0.1) is 12.6 Å². The Balaban J connectivity index is 2.97. The number of rotatable bonds is 4. The van der Waals surface area contributed by atoms with Gasteiger partial charge in [0.15, 0.2) is 0 Å². The van der Waals surface area contributed by atoms with Crippen molar-refractivity contribution in [1.82, 2.24) is 4.90 Å². The van der Waals surface area contributed by atoms with Gasteiger partial charge in [-0.3, -0.25) is 4.79 Å². The van der Waals surface area contributed by atoms with E-state index in [-0.39, 0.29) is 11.6 Å². The van der Waals surface area contributed by atoms with Crippen LogP contribution in [-0.4, -0.2) is 37.6 Å². The Labute approximate surface area is 104 Å². The maximum Gasteiger partial charge on any atom is 0.254 e. The molecule has 1 atom stereocenters. The maximum atomic E-state index is 13.3. The van der Waals surface area contributed by atoms with Crippen LogP contribution in [0.2, 0.25) is 0 Å². The van der Waals surface area contributed by atoms with E-state index >= 15 is 0 Å². The summed E-state index contributed by atoms with van der Waals surface area (Å²) >= 11 is 0. The zero-order valence-corrected chi connectivity index (χ0v) is 10.5. The summed E-state index contributed by atoms with van der Waals surface area (Å²) in [7, 11) is 3.05. The van der Waals surface area contributed by atoms with Crippen LogP contribution in [0, 0.1) is 11.6 Å². The fourth-order valence-electron chi connectivity index (χ4n) is 1.46. The highest BCUT2D eigenvalue weighted by Gasteiger charge is 2.20. The van der Waals surface area contributed by atoms with Crippen molar-refractivity contribution in [2.45, 2.75) is 13.0 Å². The molecule has 1 rings (SSSR count). The van der Waals surface area contributed by atoms with Crippen LogP contribution >= 0.6 is 0 Å². The van der Waals surface area contributed by atoms with E-state index in [1.165, 1.54) is 19.1 Å². The molecular formula is C12H16F2N2O2. The number of nitrogen functional groups attached to an aromatic ring is 1. The molecule has 1 unspecified atom stereocenters. The monoisotopic (exact) mass is 258 g/mol. The van der Waals surface area contributed by atoms with E-state index in [4.69, 9.17) is 10.5 Å². The van der Waals surface area contributed by atoms with Gasteiger partial charge in [0, 0.05) is 19.7 Å². The largest absolute Gasteiger partial charge is 0.394 e. The maximum absolute atomic E-state index is 13.3. The average Bonchev–Trinajstić information content (AvgIpc) is 2.33. The molecule has 0 aliphatic heterocycles. The summed E-state index contributed by atoms with van der Waals surface area (Å²) in [6.07, 6.45) is 0. The fraction of sp³-hybridized carbons (Fsp3) is 0.417. The number of methoxy groups -OCH3 is 1. The number of carbonyl (C=O) groups is 1. The number of nitrogens with zero attached hydrogens (tertiary/aromatic N) is 1. The summed E-state index contributed by atoms with van der Waals surface area (Å²) < 4.78 is 31.4. The number of anilines is 1. The second-order valence-electron chi connectivity index (χ2n) is 4.07. The minimum Gasteiger partial charge on any atom is -0.394 e. The highest BCUT2D eigenvalue weighted by atomic mass is 19.1. The quantitative estimate of drug-likeness (QED) is 0.835. The van der Waals surface area contributed by atoms with E-state index in [9.17, 15) is 13.6 Å². The van der Waals surface area contributed by atoms with Gasteiger partial charge in [-0.05, 0) is 19.1 Å². The first kappa shape index (κ1) is 14.4. The Bertz CT molecular complexity index is 429. The molecule has 0 heterocycles. The first-order valence-corrected chi connectivity index (χ1v) is 5.39. The summed E-state index contributed by atoms with van der Waals surface area (Å²) in [5, 5.41) is 0. The summed E-state index contributed by atoms with van der Waals surface area (Å²) in [5.41, 5.74) is 4.48. The number of amides is 1. The minimum absolute atomic E-state index is 0.0790. The fourth-order valence-corrected chi connectivity index (χ4v) is 1.46. The lowest BCUT2D eigenvalue weighted by Gasteiger charge is -2.24. The summed E-state index contributed by atoms with van der Waals surface area (Å²) in [6, 6.07) is 1.65. The third kappa shape index (κ3) is 2.95. The van der Waals surface area contributed by atoms with Crippen molar-refractivity contribution in [3.63, 3.8) is 0 Å². The molecule has 1 aromatic carbocycles. The number of carbonyl (C=O) groups excluding carboxylic acids is 1. The number of hydrogen-bond donors (Lipinski definition) is 1. The Kier molecular flexibility index (Phi) is 4.61. The predicted octanol–water partition coefficient (Wildman–Crippen LogP) is 1.65. The van der Waals surface area contributed by atoms with Crippen molar-refractivity contribution in [2.24, 2.45) is 0 Å².